The van der Waals surface area contributed by atoms with E-state index in [1.165, 1.54) is 25.9 Å². The second kappa shape index (κ2) is 8.49. The topological polar surface area (TPSA) is 108 Å². The Morgan fingerprint density at radius 2 is 1.90 bits per heavy atom. The quantitative estimate of drug-likeness (QED) is 0.527. The van der Waals surface area contributed by atoms with E-state index < -0.39 is 23.4 Å². The van der Waals surface area contributed by atoms with Crippen LogP contribution >= 0.6 is 0 Å². The number of ether oxygens (including phenoxy) is 1. The molecule has 20 heavy (non-hydrogen) atoms. The number of rotatable bonds is 8. The zero-order valence-corrected chi connectivity index (χ0v) is 12.4. The van der Waals surface area contributed by atoms with E-state index in [9.17, 15) is 14.4 Å². The molecular weight excluding hydrogens is 266 g/mol. The molecule has 0 aromatic heterocycles. The summed E-state index contributed by atoms with van der Waals surface area (Å²) in [6.45, 7) is 5.58. The van der Waals surface area contributed by atoms with Crippen molar-refractivity contribution in [1.82, 2.24) is 15.5 Å². The minimum atomic E-state index is -1.18. The number of carboxylic acids is 1. The van der Waals surface area contributed by atoms with E-state index in [1.807, 2.05) is 0 Å². The number of carbonyl (C=O) groups is 3. The number of methoxy groups -OCH3 is 1. The fourth-order valence-corrected chi connectivity index (χ4v) is 1.49. The van der Waals surface area contributed by atoms with Gasteiger partial charge in [0.1, 0.15) is 5.54 Å². The summed E-state index contributed by atoms with van der Waals surface area (Å²) >= 11 is 0. The third-order valence-corrected chi connectivity index (χ3v) is 2.87. The van der Waals surface area contributed by atoms with Crippen LogP contribution in [0, 0.1) is 0 Å². The van der Waals surface area contributed by atoms with Gasteiger partial charge >= 0.3 is 12.0 Å². The number of carboxylic acid groups (broad SMARTS) is 1. The number of amides is 3. The first kappa shape index (κ1) is 18.3. The predicted molar refractivity (Wildman–Crippen MR) is 72.4 cm³/mol. The summed E-state index contributed by atoms with van der Waals surface area (Å²) in [5.41, 5.74) is -1.18. The Bertz CT molecular complexity index is 357. The van der Waals surface area contributed by atoms with Crippen molar-refractivity contribution in [3.05, 3.63) is 0 Å². The summed E-state index contributed by atoms with van der Waals surface area (Å²) in [6.07, 6.45) is 0. The molecular formula is C12H23N3O5. The van der Waals surface area contributed by atoms with Crippen molar-refractivity contribution < 1.29 is 24.2 Å². The molecule has 3 N–H and O–H groups in total. The van der Waals surface area contributed by atoms with Crippen LogP contribution in [0.25, 0.3) is 0 Å². The maximum atomic E-state index is 11.7. The van der Waals surface area contributed by atoms with Gasteiger partial charge in [-0.1, -0.05) is 6.92 Å². The van der Waals surface area contributed by atoms with E-state index in [0.717, 1.165) is 0 Å². The van der Waals surface area contributed by atoms with E-state index in [2.05, 4.69) is 10.6 Å². The molecule has 0 saturated carbocycles. The molecule has 0 spiro atoms. The van der Waals surface area contributed by atoms with Gasteiger partial charge < -0.3 is 15.2 Å². The van der Waals surface area contributed by atoms with Crippen LogP contribution in [0.4, 0.5) is 4.79 Å². The van der Waals surface area contributed by atoms with Crippen LogP contribution in [-0.2, 0) is 14.3 Å². The molecule has 0 heterocycles. The van der Waals surface area contributed by atoms with Crippen LogP contribution in [0.3, 0.4) is 0 Å². The van der Waals surface area contributed by atoms with E-state index >= 15 is 0 Å². The highest BCUT2D eigenvalue weighted by Crippen LogP contribution is 2.13. The van der Waals surface area contributed by atoms with E-state index in [-0.39, 0.29) is 13.1 Å². The summed E-state index contributed by atoms with van der Waals surface area (Å²) < 4.78 is 4.75. The second-order valence-electron chi connectivity index (χ2n) is 4.68. The number of imide groups is 1. The van der Waals surface area contributed by atoms with E-state index in [1.54, 1.807) is 6.92 Å². The third-order valence-electron chi connectivity index (χ3n) is 2.87. The molecule has 116 valence electrons. The van der Waals surface area contributed by atoms with Gasteiger partial charge in [-0.3, -0.25) is 19.8 Å². The highest BCUT2D eigenvalue weighted by Gasteiger charge is 2.34. The number of urea groups is 1. The monoisotopic (exact) mass is 289 g/mol. The minimum Gasteiger partial charge on any atom is -0.480 e. The smallest absolute Gasteiger partial charge is 0.323 e. The predicted octanol–water partition coefficient (Wildman–Crippen LogP) is -0.356. The molecule has 0 bridgehead atoms. The Morgan fingerprint density at radius 1 is 1.30 bits per heavy atom. The van der Waals surface area contributed by atoms with Gasteiger partial charge in [-0.2, -0.15) is 0 Å². The summed E-state index contributed by atoms with van der Waals surface area (Å²) in [7, 11) is 1.50. The molecule has 0 saturated heterocycles. The molecule has 0 aromatic carbocycles. The maximum Gasteiger partial charge on any atom is 0.323 e. The van der Waals surface area contributed by atoms with Crippen LogP contribution in [0.2, 0.25) is 0 Å². The second-order valence-corrected chi connectivity index (χ2v) is 4.68. The normalized spacial score (nSPS) is 11.2. The van der Waals surface area contributed by atoms with Crippen molar-refractivity contribution >= 4 is 17.9 Å². The molecule has 8 nitrogen and oxygen atoms in total. The Hall–Kier alpha value is -1.67. The van der Waals surface area contributed by atoms with Gasteiger partial charge in [0.15, 0.2) is 0 Å². The first-order valence-electron chi connectivity index (χ1n) is 6.30. The summed E-state index contributed by atoms with van der Waals surface area (Å²) in [5, 5.41) is 13.7. The van der Waals surface area contributed by atoms with Crippen LogP contribution in [0.15, 0.2) is 0 Å². The Labute approximate surface area is 118 Å². The highest BCUT2D eigenvalue weighted by atomic mass is 16.5. The zero-order chi connectivity index (χ0) is 15.8. The molecule has 0 aliphatic carbocycles. The number of likely N-dealkylation sites (N-methyl/N-ethyl adjacent to an activating group) is 1. The van der Waals surface area contributed by atoms with Crippen molar-refractivity contribution in [1.29, 1.82) is 0 Å². The number of hydrogen-bond acceptors (Lipinski definition) is 5. The molecule has 0 unspecified atom stereocenters. The Balaban J connectivity index is 4.36. The van der Waals surface area contributed by atoms with Gasteiger partial charge in [-0.15, -0.1) is 0 Å². The molecule has 0 atom stereocenters. The molecule has 0 aliphatic rings. The van der Waals surface area contributed by atoms with Gasteiger partial charge in [0, 0.05) is 13.7 Å². The van der Waals surface area contributed by atoms with Crippen molar-refractivity contribution in [2.45, 2.75) is 26.3 Å². The molecule has 0 aromatic rings. The van der Waals surface area contributed by atoms with Crippen LogP contribution in [0.1, 0.15) is 20.8 Å². The van der Waals surface area contributed by atoms with Gasteiger partial charge in [0.25, 0.3) is 0 Å². The Kier molecular flexibility index (Phi) is 7.78. The molecule has 8 heteroatoms. The fraction of sp³-hybridized carbons (Fsp3) is 0.750. The van der Waals surface area contributed by atoms with Crippen LogP contribution < -0.4 is 10.6 Å². The zero-order valence-electron chi connectivity index (χ0n) is 12.4. The van der Waals surface area contributed by atoms with Gasteiger partial charge in [0.2, 0.25) is 5.91 Å². The van der Waals surface area contributed by atoms with Crippen molar-refractivity contribution in [2.24, 2.45) is 0 Å². The average Bonchev–Trinajstić information content (AvgIpc) is 2.35. The molecule has 0 fully saturated rings. The summed E-state index contributed by atoms with van der Waals surface area (Å²) in [6, 6.07) is -0.628. The average molecular weight is 289 g/mol. The van der Waals surface area contributed by atoms with Gasteiger partial charge in [-0.05, 0) is 20.4 Å². The summed E-state index contributed by atoms with van der Waals surface area (Å²) in [4.78, 5) is 35.6. The van der Waals surface area contributed by atoms with Crippen molar-refractivity contribution in [2.75, 3.05) is 33.4 Å². The molecule has 0 rings (SSSR count). The molecule has 0 radical (unpaired) electrons. The lowest BCUT2D eigenvalue weighted by Crippen LogP contribution is -2.54. The maximum absolute atomic E-state index is 11.7. The Morgan fingerprint density at radius 3 is 2.35 bits per heavy atom. The van der Waals surface area contributed by atoms with Crippen molar-refractivity contribution in [3.63, 3.8) is 0 Å². The minimum absolute atomic E-state index is 0.173. The first-order chi connectivity index (χ1) is 9.25. The summed E-state index contributed by atoms with van der Waals surface area (Å²) in [5.74, 6) is -1.59. The van der Waals surface area contributed by atoms with E-state index in [4.69, 9.17) is 9.84 Å². The third kappa shape index (κ3) is 5.98. The lowest BCUT2D eigenvalue weighted by Gasteiger charge is -2.33. The number of carbonyl (C=O) groups excluding carboxylic acids is 2. The van der Waals surface area contributed by atoms with Crippen molar-refractivity contribution in [3.8, 4) is 0 Å². The highest BCUT2D eigenvalue weighted by molar-refractivity contribution is 5.95. The number of nitrogens with zero attached hydrogens (tertiary/aromatic N) is 1. The first-order valence-corrected chi connectivity index (χ1v) is 6.30. The SMILES string of the molecule is CCN(CC(=O)NC(=O)NCCOC)C(C)(C)C(=O)O. The number of nitrogens with one attached hydrogen (secondary N) is 2. The molecule has 0 aliphatic heterocycles. The number of hydrogen-bond donors (Lipinski definition) is 3. The molecule has 3 amide bonds. The van der Waals surface area contributed by atoms with Crippen LogP contribution in [-0.4, -0.2) is 66.8 Å². The fourth-order valence-electron chi connectivity index (χ4n) is 1.49. The number of aliphatic carboxylic acids is 1. The van der Waals surface area contributed by atoms with Gasteiger partial charge in [-0.25, -0.2) is 4.79 Å². The van der Waals surface area contributed by atoms with Gasteiger partial charge in [0.05, 0.1) is 13.2 Å². The standard InChI is InChI=1S/C12H23N3O5/c1-5-15(12(2,3)10(17)18)8-9(16)14-11(19)13-6-7-20-4/h5-8H2,1-4H3,(H,17,18)(H2,13,14,16,19). The largest absolute Gasteiger partial charge is 0.480 e. The van der Waals surface area contributed by atoms with E-state index in [0.29, 0.717) is 13.2 Å². The lowest BCUT2D eigenvalue weighted by atomic mass is 10.0. The lowest BCUT2D eigenvalue weighted by molar-refractivity contribution is -0.149. The van der Waals surface area contributed by atoms with Crippen LogP contribution in [0.5, 0.6) is 0 Å².